The molecule has 0 fully saturated rings. The molecule has 2 aromatic rings. The van der Waals surface area contributed by atoms with Gasteiger partial charge >= 0.3 is 5.97 Å². The predicted molar refractivity (Wildman–Crippen MR) is 70.1 cm³/mol. The summed E-state index contributed by atoms with van der Waals surface area (Å²) in [4.78, 5) is 20.3. The molecule has 0 radical (unpaired) electrons. The van der Waals surface area contributed by atoms with Gasteiger partial charge in [-0.05, 0) is 18.4 Å². The lowest BCUT2D eigenvalue weighted by Crippen LogP contribution is -2.12. The van der Waals surface area contributed by atoms with Gasteiger partial charge in [0.25, 0.3) is 6.43 Å². The zero-order valence-corrected chi connectivity index (χ0v) is 11.5. The van der Waals surface area contributed by atoms with Crippen molar-refractivity contribution in [1.82, 2.24) is 9.97 Å². The Bertz CT molecular complexity index is 588. The second-order valence-corrected chi connectivity index (χ2v) is 4.89. The van der Waals surface area contributed by atoms with Crippen molar-refractivity contribution in [2.24, 2.45) is 0 Å². The molecule has 0 aromatic carbocycles. The summed E-state index contributed by atoms with van der Waals surface area (Å²) in [6.07, 6.45) is -1.38. The third-order valence-electron chi connectivity index (χ3n) is 2.48. The highest BCUT2D eigenvalue weighted by Crippen LogP contribution is 2.22. The monoisotopic (exact) mass is 298 g/mol. The molecule has 4 nitrogen and oxygen atoms in total. The molecule has 20 heavy (non-hydrogen) atoms. The molecule has 0 saturated heterocycles. The fourth-order valence-electron chi connectivity index (χ4n) is 1.62. The van der Waals surface area contributed by atoms with Crippen molar-refractivity contribution >= 4 is 17.3 Å². The van der Waals surface area contributed by atoms with Gasteiger partial charge in [-0.1, -0.05) is 6.07 Å². The van der Waals surface area contributed by atoms with Crippen molar-refractivity contribution in [2.75, 3.05) is 6.61 Å². The molecule has 0 amide bonds. The number of halogens is 2. The van der Waals surface area contributed by atoms with Crippen LogP contribution >= 0.6 is 11.3 Å². The number of carbonyl (C=O) groups is 1. The van der Waals surface area contributed by atoms with Crippen molar-refractivity contribution in [2.45, 2.75) is 19.8 Å². The van der Waals surface area contributed by atoms with Gasteiger partial charge in [0.1, 0.15) is 17.1 Å². The highest BCUT2D eigenvalue weighted by Gasteiger charge is 2.22. The molecule has 7 heteroatoms. The van der Waals surface area contributed by atoms with Crippen LogP contribution in [0.4, 0.5) is 8.78 Å². The van der Waals surface area contributed by atoms with Gasteiger partial charge < -0.3 is 4.74 Å². The maximum atomic E-state index is 13.0. The minimum atomic E-state index is -2.85. The van der Waals surface area contributed by atoms with Gasteiger partial charge in [0.05, 0.1) is 6.61 Å². The lowest BCUT2D eigenvalue weighted by molar-refractivity contribution is 0.0512. The van der Waals surface area contributed by atoms with Crippen LogP contribution < -0.4 is 0 Å². The molecule has 0 aliphatic rings. The molecule has 2 heterocycles. The van der Waals surface area contributed by atoms with Gasteiger partial charge in [-0.15, -0.1) is 11.3 Å². The number of nitrogens with zero attached hydrogens (tertiary/aromatic N) is 2. The van der Waals surface area contributed by atoms with Crippen LogP contribution in [-0.4, -0.2) is 22.5 Å². The maximum absolute atomic E-state index is 13.0. The van der Waals surface area contributed by atoms with Crippen LogP contribution in [0.1, 0.15) is 40.1 Å². The number of carbonyl (C=O) groups excluding carboxylic acids is 1. The molecule has 0 atom stereocenters. The fourth-order valence-corrected chi connectivity index (χ4v) is 2.32. The van der Waals surface area contributed by atoms with Crippen molar-refractivity contribution in [3.05, 3.63) is 45.7 Å². The number of rotatable bonds is 5. The Morgan fingerprint density at radius 2 is 2.30 bits per heavy atom. The predicted octanol–water partition coefficient (Wildman–Crippen LogP) is 3.24. The summed E-state index contributed by atoms with van der Waals surface area (Å²) in [5, 5.41) is 1.89. The van der Waals surface area contributed by atoms with Crippen LogP contribution in [0, 0.1) is 0 Å². The molecule has 0 N–H and O–H groups in total. The molecule has 0 bridgehead atoms. The van der Waals surface area contributed by atoms with E-state index in [9.17, 15) is 13.6 Å². The van der Waals surface area contributed by atoms with Gasteiger partial charge in [-0.25, -0.2) is 23.5 Å². The second-order valence-electron chi connectivity index (χ2n) is 3.86. The Balaban J connectivity index is 2.29. The SMILES string of the molecule is CCOC(=O)c1cnc(Cc2cccs2)nc1C(F)F. The molecule has 0 saturated carbocycles. The van der Waals surface area contributed by atoms with Crippen LogP contribution in [0.2, 0.25) is 0 Å². The molecule has 2 aromatic heterocycles. The average molecular weight is 298 g/mol. The van der Waals surface area contributed by atoms with Crippen molar-refractivity contribution in [3.63, 3.8) is 0 Å². The molecular weight excluding hydrogens is 286 g/mol. The van der Waals surface area contributed by atoms with Crippen molar-refractivity contribution < 1.29 is 18.3 Å². The van der Waals surface area contributed by atoms with E-state index in [0.29, 0.717) is 6.42 Å². The van der Waals surface area contributed by atoms with Crippen LogP contribution in [-0.2, 0) is 11.2 Å². The van der Waals surface area contributed by atoms with E-state index >= 15 is 0 Å². The summed E-state index contributed by atoms with van der Waals surface area (Å²) in [5.41, 5.74) is -0.859. The van der Waals surface area contributed by atoms with Crippen molar-refractivity contribution in [3.8, 4) is 0 Å². The van der Waals surface area contributed by atoms with E-state index < -0.39 is 18.1 Å². The first kappa shape index (κ1) is 14.5. The minimum absolute atomic E-state index is 0.110. The highest BCUT2D eigenvalue weighted by atomic mass is 32.1. The number of thiophene rings is 1. The van der Waals surface area contributed by atoms with E-state index in [4.69, 9.17) is 4.74 Å². The van der Waals surface area contributed by atoms with Gasteiger partial charge in [0, 0.05) is 17.5 Å². The summed E-state index contributed by atoms with van der Waals surface area (Å²) >= 11 is 1.49. The van der Waals surface area contributed by atoms with Gasteiger partial charge in [-0.2, -0.15) is 0 Å². The minimum Gasteiger partial charge on any atom is -0.462 e. The number of ether oxygens (including phenoxy) is 1. The third kappa shape index (κ3) is 3.36. The lowest BCUT2D eigenvalue weighted by Gasteiger charge is -2.08. The summed E-state index contributed by atoms with van der Waals surface area (Å²) in [7, 11) is 0. The first-order valence-corrected chi connectivity index (χ1v) is 6.83. The quantitative estimate of drug-likeness (QED) is 0.795. The summed E-state index contributed by atoms with van der Waals surface area (Å²) in [6, 6.07) is 3.73. The molecule has 2 rings (SSSR count). The largest absolute Gasteiger partial charge is 0.462 e. The van der Waals surface area contributed by atoms with Crippen LogP contribution in [0.25, 0.3) is 0 Å². The zero-order valence-electron chi connectivity index (χ0n) is 10.7. The van der Waals surface area contributed by atoms with Crippen molar-refractivity contribution in [1.29, 1.82) is 0 Å². The zero-order chi connectivity index (χ0) is 14.5. The summed E-state index contributed by atoms with van der Waals surface area (Å²) in [5.74, 6) is -0.568. The van der Waals surface area contributed by atoms with Crippen LogP contribution in [0.15, 0.2) is 23.7 Å². The van der Waals surface area contributed by atoms with E-state index in [1.54, 1.807) is 6.92 Å². The number of hydrogen-bond acceptors (Lipinski definition) is 5. The van der Waals surface area contributed by atoms with E-state index in [0.717, 1.165) is 11.1 Å². The Hall–Kier alpha value is -1.89. The second kappa shape index (κ2) is 6.51. The molecule has 0 aliphatic carbocycles. The van der Waals surface area contributed by atoms with Crippen LogP contribution in [0.3, 0.4) is 0 Å². The topological polar surface area (TPSA) is 52.1 Å². The molecular formula is C13H12F2N2O2S. The number of aromatic nitrogens is 2. The van der Waals surface area contributed by atoms with E-state index in [1.807, 2.05) is 17.5 Å². The number of esters is 1. The van der Waals surface area contributed by atoms with Gasteiger partial charge in [0.15, 0.2) is 0 Å². The lowest BCUT2D eigenvalue weighted by atomic mass is 10.2. The fraction of sp³-hybridized carbons (Fsp3) is 0.308. The third-order valence-corrected chi connectivity index (χ3v) is 3.36. The first-order valence-electron chi connectivity index (χ1n) is 5.95. The van der Waals surface area contributed by atoms with Gasteiger partial charge in [0.2, 0.25) is 0 Å². The van der Waals surface area contributed by atoms with Crippen LogP contribution in [0.5, 0.6) is 0 Å². The molecule has 0 spiro atoms. The Labute approximate surface area is 118 Å². The maximum Gasteiger partial charge on any atom is 0.341 e. The molecule has 0 unspecified atom stereocenters. The summed E-state index contributed by atoms with van der Waals surface area (Å²) < 4.78 is 30.7. The average Bonchev–Trinajstić information content (AvgIpc) is 2.91. The Morgan fingerprint density at radius 1 is 1.50 bits per heavy atom. The smallest absolute Gasteiger partial charge is 0.341 e. The molecule has 106 valence electrons. The normalized spacial score (nSPS) is 10.8. The highest BCUT2D eigenvalue weighted by molar-refractivity contribution is 7.09. The van der Waals surface area contributed by atoms with E-state index in [1.165, 1.54) is 11.3 Å². The Morgan fingerprint density at radius 3 is 2.90 bits per heavy atom. The van der Waals surface area contributed by atoms with E-state index in [2.05, 4.69) is 9.97 Å². The summed E-state index contributed by atoms with van der Waals surface area (Å²) in [6.45, 7) is 1.71. The standard InChI is InChI=1S/C13H12F2N2O2S/c1-2-19-13(18)9-7-16-10(17-11(9)12(14)15)6-8-4-3-5-20-8/h3-5,7,12H,2,6H2,1H3. The Kier molecular flexibility index (Phi) is 4.73. The van der Waals surface area contributed by atoms with E-state index in [-0.39, 0.29) is 18.0 Å². The van der Waals surface area contributed by atoms with Gasteiger partial charge in [-0.3, -0.25) is 0 Å². The molecule has 0 aliphatic heterocycles. The first-order chi connectivity index (χ1) is 9.61. The number of hydrogen-bond donors (Lipinski definition) is 0. The number of alkyl halides is 2.